The Balaban J connectivity index is 2.10. The Morgan fingerprint density at radius 3 is 2.94 bits per heavy atom. The molecule has 1 heterocycles. The first-order valence-corrected chi connectivity index (χ1v) is 6.66. The molecular formula is C12H14INO4. The average molecular weight is 363 g/mol. The molecule has 0 spiro atoms. The Labute approximate surface area is 118 Å². The summed E-state index contributed by atoms with van der Waals surface area (Å²) in [6.07, 6.45) is 0. The number of fused-ring (bicyclic) bond motifs is 1. The van der Waals surface area contributed by atoms with Crippen molar-refractivity contribution < 1.29 is 13.9 Å². The smallest absolute Gasteiger partial charge is 0.408 e. The minimum absolute atomic E-state index is 0.345. The molecule has 0 saturated carbocycles. The summed E-state index contributed by atoms with van der Waals surface area (Å²) in [6.45, 7) is 2.02. The zero-order valence-corrected chi connectivity index (χ0v) is 12.2. The number of aromatic nitrogens is 1. The third-order valence-electron chi connectivity index (χ3n) is 2.52. The molecule has 0 aliphatic heterocycles. The van der Waals surface area contributed by atoms with Gasteiger partial charge in [-0.15, -0.1) is 0 Å². The Morgan fingerprint density at radius 2 is 2.17 bits per heavy atom. The molecule has 98 valence electrons. The van der Waals surface area contributed by atoms with Crippen molar-refractivity contribution in [2.75, 3.05) is 26.9 Å². The van der Waals surface area contributed by atoms with Crippen molar-refractivity contribution in [2.24, 2.45) is 0 Å². The number of methoxy groups -OCH3 is 1. The molecule has 0 aliphatic rings. The lowest BCUT2D eigenvalue weighted by atomic mass is 10.3. The second-order valence-corrected chi connectivity index (χ2v) is 4.98. The van der Waals surface area contributed by atoms with Crippen LogP contribution in [0.4, 0.5) is 0 Å². The molecule has 2 aromatic rings. The number of benzene rings is 1. The van der Waals surface area contributed by atoms with E-state index < -0.39 is 0 Å². The molecule has 0 amide bonds. The molecule has 0 bridgehead atoms. The molecule has 0 radical (unpaired) electrons. The highest BCUT2D eigenvalue weighted by Gasteiger charge is 2.08. The van der Waals surface area contributed by atoms with Gasteiger partial charge < -0.3 is 13.9 Å². The molecule has 5 nitrogen and oxygen atoms in total. The molecule has 18 heavy (non-hydrogen) atoms. The lowest BCUT2D eigenvalue weighted by molar-refractivity contribution is 0.0663. The summed E-state index contributed by atoms with van der Waals surface area (Å²) < 4.78 is 18.0. The minimum atomic E-state index is -0.345. The van der Waals surface area contributed by atoms with Gasteiger partial charge in [0.1, 0.15) is 0 Å². The van der Waals surface area contributed by atoms with E-state index in [2.05, 4.69) is 22.6 Å². The fourth-order valence-corrected chi connectivity index (χ4v) is 2.12. The first kappa shape index (κ1) is 13.6. The number of hydrogen-bond acceptors (Lipinski definition) is 4. The van der Waals surface area contributed by atoms with E-state index in [0.29, 0.717) is 31.9 Å². The van der Waals surface area contributed by atoms with Crippen molar-refractivity contribution >= 4 is 33.7 Å². The van der Waals surface area contributed by atoms with Crippen LogP contribution in [0.2, 0.25) is 0 Å². The van der Waals surface area contributed by atoms with Gasteiger partial charge in [0.15, 0.2) is 5.58 Å². The average Bonchev–Trinajstić information content (AvgIpc) is 2.65. The standard InChI is InChI=1S/C12H14INO4/c1-16-6-7-17-5-4-14-10-8-9(13)2-3-11(10)18-12(14)15/h2-3,8H,4-7H2,1H3. The van der Waals surface area contributed by atoms with Gasteiger partial charge in [-0.2, -0.15) is 0 Å². The van der Waals surface area contributed by atoms with Gasteiger partial charge in [-0.25, -0.2) is 4.79 Å². The fraction of sp³-hybridized carbons (Fsp3) is 0.417. The van der Waals surface area contributed by atoms with Crippen LogP contribution in [0.5, 0.6) is 0 Å². The van der Waals surface area contributed by atoms with E-state index in [1.807, 2.05) is 12.1 Å². The van der Waals surface area contributed by atoms with E-state index in [0.717, 1.165) is 9.09 Å². The zero-order valence-electron chi connectivity index (χ0n) is 10.0. The van der Waals surface area contributed by atoms with Crippen molar-refractivity contribution in [1.29, 1.82) is 0 Å². The van der Waals surface area contributed by atoms with Gasteiger partial charge in [0.05, 0.1) is 31.9 Å². The minimum Gasteiger partial charge on any atom is -0.408 e. The van der Waals surface area contributed by atoms with Crippen molar-refractivity contribution in [3.05, 3.63) is 32.3 Å². The highest BCUT2D eigenvalue weighted by molar-refractivity contribution is 14.1. The molecule has 0 unspecified atom stereocenters. The second kappa shape index (κ2) is 6.35. The van der Waals surface area contributed by atoms with Crippen LogP contribution in [0.1, 0.15) is 0 Å². The van der Waals surface area contributed by atoms with Crippen molar-refractivity contribution in [3.8, 4) is 0 Å². The molecule has 0 N–H and O–H groups in total. The van der Waals surface area contributed by atoms with Gasteiger partial charge in [-0.1, -0.05) is 0 Å². The first-order valence-electron chi connectivity index (χ1n) is 5.58. The van der Waals surface area contributed by atoms with E-state index in [-0.39, 0.29) is 5.76 Å². The van der Waals surface area contributed by atoms with Gasteiger partial charge in [-0.3, -0.25) is 4.57 Å². The van der Waals surface area contributed by atoms with Gasteiger partial charge in [-0.05, 0) is 40.8 Å². The Hall–Kier alpha value is -0.860. The van der Waals surface area contributed by atoms with Gasteiger partial charge >= 0.3 is 5.76 Å². The molecule has 6 heteroatoms. The largest absolute Gasteiger partial charge is 0.420 e. The summed E-state index contributed by atoms with van der Waals surface area (Å²) in [4.78, 5) is 11.7. The predicted octanol–water partition coefficient (Wildman–Crippen LogP) is 1.86. The van der Waals surface area contributed by atoms with E-state index in [9.17, 15) is 4.79 Å². The number of halogens is 1. The van der Waals surface area contributed by atoms with Gasteiger partial charge in [0.25, 0.3) is 0 Å². The zero-order chi connectivity index (χ0) is 13.0. The van der Waals surface area contributed by atoms with Crippen LogP contribution >= 0.6 is 22.6 Å². The summed E-state index contributed by atoms with van der Waals surface area (Å²) in [5.41, 5.74) is 1.42. The summed E-state index contributed by atoms with van der Waals surface area (Å²) in [7, 11) is 1.62. The van der Waals surface area contributed by atoms with E-state index >= 15 is 0 Å². The summed E-state index contributed by atoms with van der Waals surface area (Å²) in [5.74, 6) is -0.345. The SMILES string of the molecule is COCCOCCn1c(=O)oc2ccc(I)cc21. The molecule has 1 aromatic carbocycles. The lowest BCUT2D eigenvalue weighted by Gasteiger charge is -2.04. The molecule has 1 aromatic heterocycles. The van der Waals surface area contributed by atoms with Crippen LogP contribution < -0.4 is 5.76 Å². The topological polar surface area (TPSA) is 53.6 Å². The summed E-state index contributed by atoms with van der Waals surface area (Å²) >= 11 is 2.21. The van der Waals surface area contributed by atoms with Crippen LogP contribution in [0.15, 0.2) is 27.4 Å². The molecule has 0 saturated heterocycles. The summed E-state index contributed by atoms with van der Waals surface area (Å²) in [5, 5.41) is 0. The normalized spacial score (nSPS) is 11.2. The number of nitrogens with zero attached hydrogens (tertiary/aromatic N) is 1. The molecule has 0 aliphatic carbocycles. The third-order valence-corrected chi connectivity index (χ3v) is 3.19. The molecule has 2 rings (SSSR count). The van der Waals surface area contributed by atoms with Crippen LogP contribution in [0.3, 0.4) is 0 Å². The molecular weight excluding hydrogens is 349 g/mol. The quantitative estimate of drug-likeness (QED) is 0.581. The highest BCUT2D eigenvalue weighted by atomic mass is 127. The lowest BCUT2D eigenvalue weighted by Crippen LogP contribution is -2.18. The van der Waals surface area contributed by atoms with E-state index in [1.54, 1.807) is 17.7 Å². The highest BCUT2D eigenvalue weighted by Crippen LogP contribution is 2.16. The maximum absolute atomic E-state index is 11.7. The number of rotatable bonds is 6. The first-order chi connectivity index (χ1) is 8.72. The Kier molecular flexibility index (Phi) is 4.79. The van der Waals surface area contributed by atoms with Crippen LogP contribution in [-0.4, -0.2) is 31.5 Å². The van der Waals surface area contributed by atoms with Crippen molar-refractivity contribution in [2.45, 2.75) is 6.54 Å². The van der Waals surface area contributed by atoms with Crippen molar-refractivity contribution in [1.82, 2.24) is 4.57 Å². The van der Waals surface area contributed by atoms with Gasteiger partial charge in [0.2, 0.25) is 0 Å². The van der Waals surface area contributed by atoms with E-state index in [1.165, 1.54) is 0 Å². The third kappa shape index (κ3) is 3.12. The summed E-state index contributed by atoms with van der Waals surface area (Å²) in [6, 6.07) is 5.64. The molecule has 0 fully saturated rings. The van der Waals surface area contributed by atoms with Crippen molar-refractivity contribution in [3.63, 3.8) is 0 Å². The van der Waals surface area contributed by atoms with Crippen LogP contribution in [0.25, 0.3) is 11.1 Å². The number of oxazole rings is 1. The number of ether oxygens (including phenoxy) is 2. The monoisotopic (exact) mass is 363 g/mol. The second-order valence-electron chi connectivity index (χ2n) is 3.74. The van der Waals surface area contributed by atoms with Crippen LogP contribution in [0, 0.1) is 3.57 Å². The van der Waals surface area contributed by atoms with Crippen LogP contribution in [-0.2, 0) is 16.0 Å². The molecule has 0 atom stereocenters. The Bertz CT molecular complexity index is 575. The maximum Gasteiger partial charge on any atom is 0.420 e. The maximum atomic E-state index is 11.7. The van der Waals surface area contributed by atoms with E-state index in [4.69, 9.17) is 13.9 Å². The predicted molar refractivity (Wildman–Crippen MR) is 75.9 cm³/mol. The Morgan fingerprint density at radius 1 is 1.33 bits per heavy atom. The van der Waals surface area contributed by atoms with Gasteiger partial charge in [0, 0.05) is 10.7 Å². The fourth-order valence-electron chi connectivity index (χ4n) is 1.65. The number of hydrogen-bond donors (Lipinski definition) is 0.